The monoisotopic (exact) mass is 490 g/mol. The van der Waals surface area contributed by atoms with Crippen molar-refractivity contribution in [2.24, 2.45) is 5.92 Å². The van der Waals surface area contributed by atoms with E-state index in [1.54, 1.807) is 36.0 Å². The number of benzene rings is 2. The second-order valence-electron chi connectivity index (χ2n) is 8.77. The number of fused-ring (bicyclic) bond motifs is 3. The second kappa shape index (κ2) is 9.39. The Bertz CT molecular complexity index is 1440. The fraction of sp³-hybridized carbons (Fsp3) is 0.296. The largest absolute Gasteiger partial charge is 0.496 e. The first-order chi connectivity index (χ1) is 16.5. The smallest absolute Gasteiger partial charge is 0.267 e. The molecular weight excluding hydrogens is 464 g/mol. The molecule has 7 heteroatoms. The van der Waals surface area contributed by atoms with Crippen molar-refractivity contribution >= 4 is 39.1 Å². The molecule has 2 aromatic carbocycles. The number of thioether (sulfide) groups is 1. The van der Waals surface area contributed by atoms with Crippen molar-refractivity contribution in [2.45, 2.75) is 44.0 Å². The minimum absolute atomic E-state index is 0.00444. The Balaban J connectivity index is 1.63. The zero-order valence-electron chi connectivity index (χ0n) is 19.5. The summed E-state index contributed by atoms with van der Waals surface area (Å²) in [5.41, 5.74) is 3.52. The molecule has 5 rings (SSSR count). The average molecular weight is 491 g/mol. The molecule has 0 radical (unpaired) electrons. The Morgan fingerprint density at radius 3 is 2.76 bits per heavy atom. The average Bonchev–Trinajstić information content (AvgIpc) is 3.20. The summed E-state index contributed by atoms with van der Waals surface area (Å²) in [5, 5.41) is 1.42. The summed E-state index contributed by atoms with van der Waals surface area (Å²) in [4.78, 5) is 32.9. The van der Waals surface area contributed by atoms with E-state index in [9.17, 15) is 9.59 Å². The Hall–Kier alpha value is -2.90. The number of carbonyl (C=O) groups excluding carboxylic acids is 1. The summed E-state index contributed by atoms with van der Waals surface area (Å²) >= 11 is 3.15. The van der Waals surface area contributed by atoms with E-state index < -0.39 is 0 Å². The van der Waals surface area contributed by atoms with Gasteiger partial charge in [0.05, 0.1) is 18.2 Å². The molecule has 0 saturated heterocycles. The molecule has 0 N–H and O–H groups in total. The van der Waals surface area contributed by atoms with Crippen molar-refractivity contribution < 1.29 is 9.53 Å². The van der Waals surface area contributed by atoms with Gasteiger partial charge in [0.25, 0.3) is 5.56 Å². The van der Waals surface area contributed by atoms with Gasteiger partial charge in [0.2, 0.25) is 0 Å². The maximum atomic E-state index is 13.9. The van der Waals surface area contributed by atoms with Gasteiger partial charge in [0.1, 0.15) is 10.6 Å². The fourth-order valence-corrected chi connectivity index (χ4v) is 6.94. The van der Waals surface area contributed by atoms with Crippen molar-refractivity contribution in [1.82, 2.24) is 9.55 Å². The Morgan fingerprint density at radius 2 is 2.03 bits per heavy atom. The number of hydrogen-bond acceptors (Lipinski definition) is 6. The molecule has 174 valence electrons. The third-order valence-corrected chi connectivity index (χ3v) is 8.49. The van der Waals surface area contributed by atoms with Crippen LogP contribution in [0.2, 0.25) is 0 Å². The number of aryl methyl sites for hydroxylation is 1. The van der Waals surface area contributed by atoms with Crippen LogP contribution in [0.25, 0.3) is 15.9 Å². The van der Waals surface area contributed by atoms with Crippen LogP contribution in [0.5, 0.6) is 5.75 Å². The van der Waals surface area contributed by atoms with Gasteiger partial charge in [-0.25, -0.2) is 4.98 Å². The lowest BCUT2D eigenvalue weighted by molar-refractivity contribution is 0.101. The molecule has 2 heterocycles. The van der Waals surface area contributed by atoms with Gasteiger partial charge in [0.15, 0.2) is 10.9 Å². The summed E-state index contributed by atoms with van der Waals surface area (Å²) < 4.78 is 7.27. The van der Waals surface area contributed by atoms with Crippen LogP contribution in [0.3, 0.4) is 0 Å². The van der Waals surface area contributed by atoms with Crippen LogP contribution in [0.4, 0.5) is 0 Å². The summed E-state index contributed by atoms with van der Waals surface area (Å²) in [6.45, 7) is 3.83. The Labute approximate surface area is 206 Å². The molecule has 0 spiro atoms. The lowest BCUT2D eigenvalue weighted by atomic mass is 9.89. The molecular formula is C27H26N2O3S2. The van der Waals surface area contributed by atoms with Gasteiger partial charge in [-0.3, -0.25) is 14.2 Å². The van der Waals surface area contributed by atoms with Crippen molar-refractivity contribution in [3.63, 3.8) is 0 Å². The summed E-state index contributed by atoms with van der Waals surface area (Å²) in [5.74, 6) is 1.88. The molecule has 0 fully saturated rings. The summed E-state index contributed by atoms with van der Waals surface area (Å²) in [6.07, 6.45) is 3.05. The van der Waals surface area contributed by atoms with E-state index in [4.69, 9.17) is 9.72 Å². The van der Waals surface area contributed by atoms with Crippen LogP contribution in [-0.2, 0) is 18.6 Å². The third kappa shape index (κ3) is 4.18. The molecule has 1 aliphatic rings. The highest BCUT2D eigenvalue weighted by atomic mass is 32.2. The van der Waals surface area contributed by atoms with Gasteiger partial charge in [-0.1, -0.05) is 36.9 Å². The molecule has 1 atom stereocenters. The standard InChI is InChI=1S/C27H26N2O3S2/c1-16-9-11-21-23(13-16)34-25-24(21)26(31)29(20-7-5-4-6-8-20)27(28-25)33-15-19-14-18(17(2)30)10-12-22(19)32-3/h4-8,10,12,14,16H,9,11,13,15H2,1-3H3. The maximum absolute atomic E-state index is 13.9. The second-order valence-corrected chi connectivity index (χ2v) is 10.8. The molecule has 5 nitrogen and oxygen atoms in total. The summed E-state index contributed by atoms with van der Waals surface area (Å²) in [6, 6.07) is 15.2. The Morgan fingerprint density at radius 1 is 1.24 bits per heavy atom. The highest BCUT2D eigenvalue weighted by Gasteiger charge is 2.25. The molecule has 2 aromatic heterocycles. The predicted molar refractivity (Wildman–Crippen MR) is 139 cm³/mol. The number of Topliss-reactive ketones (excluding diaryl/α,β-unsaturated/α-hetero) is 1. The number of para-hydroxylation sites is 1. The molecule has 1 aliphatic carbocycles. The predicted octanol–water partition coefficient (Wildman–Crippen LogP) is 6.08. The van der Waals surface area contributed by atoms with Crippen molar-refractivity contribution in [1.29, 1.82) is 0 Å². The third-order valence-electron chi connectivity index (χ3n) is 6.36. The van der Waals surface area contributed by atoms with Gasteiger partial charge >= 0.3 is 0 Å². The number of carbonyl (C=O) groups is 1. The van der Waals surface area contributed by atoms with E-state index in [-0.39, 0.29) is 11.3 Å². The first-order valence-electron chi connectivity index (χ1n) is 11.4. The lowest BCUT2D eigenvalue weighted by Gasteiger charge is -2.18. The number of methoxy groups -OCH3 is 1. The highest BCUT2D eigenvalue weighted by molar-refractivity contribution is 7.98. The lowest BCUT2D eigenvalue weighted by Crippen LogP contribution is -2.22. The Kier molecular flexibility index (Phi) is 6.32. The number of thiophene rings is 1. The van der Waals surface area contributed by atoms with E-state index in [1.807, 2.05) is 42.5 Å². The van der Waals surface area contributed by atoms with Crippen LogP contribution in [0.1, 0.15) is 46.6 Å². The van der Waals surface area contributed by atoms with Crippen LogP contribution >= 0.6 is 23.1 Å². The van der Waals surface area contributed by atoms with Gasteiger partial charge in [-0.2, -0.15) is 0 Å². The van der Waals surface area contributed by atoms with Crippen molar-refractivity contribution in [3.05, 3.63) is 80.5 Å². The normalized spacial score (nSPS) is 15.3. The van der Waals surface area contributed by atoms with E-state index >= 15 is 0 Å². The molecule has 0 amide bonds. The minimum atomic E-state index is -0.00444. The topological polar surface area (TPSA) is 61.2 Å². The number of ketones is 1. The SMILES string of the molecule is COc1ccc(C(C)=O)cc1CSc1nc2sc3c(c2c(=O)n1-c1ccccc1)CCC(C)C3. The first-order valence-corrected chi connectivity index (χ1v) is 13.2. The van der Waals surface area contributed by atoms with Gasteiger partial charge in [-0.05, 0) is 68.0 Å². The number of rotatable bonds is 6. The minimum Gasteiger partial charge on any atom is -0.496 e. The van der Waals surface area contributed by atoms with E-state index in [2.05, 4.69) is 6.92 Å². The molecule has 0 bridgehead atoms. The first kappa shape index (κ1) is 22.9. The van der Waals surface area contributed by atoms with Crippen LogP contribution in [0.15, 0.2) is 58.5 Å². The number of nitrogens with zero attached hydrogens (tertiary/aromatic N) is 2. The molecule has 34 heavy (non-hydrogen) atoms. The van der Waals surface area contributed by atoms with E-state index in [1.165, 1.54) is 22.2 Å². The fourth-order valence-electron chi connectivity index (χ4n) is 4.53. The quantitative estimate of drug-likeness (QED) is 0.186. The van der Waals surface area contributed by atoms with Gasteiger partial charge < -0.3 is 4.74 Å². The number of ether oxygens (including phenoxy) is 1. The molecule has 0 aliphatic heterocycles. The van der Waals surface area contributed by atoms with Gasteiger partial charge in [-0.15, -0.1) is 11.3 Å². The number of aromatic nitrogens is 2. The molecule has 4 aromatic rings. The van der Waals surface area contributed by atoms with Gasteiger partial charge in [0, 0.05) is 21.8 Å². The van der Waals surface area contributed by atoms with Crippen LogP contribution in [0, 0.1) is 5.92 Å². The zero-order valence-corrected chi connectivity index (χ0v) is 21.1. The van der Waals surface area contributed by atoms with Crippen LogP contribution < -0.4 is 10.3 Å². The van der Waals surface area contributed by atoms with Crippen LogP contribution in [-0.4, -0.2) is 22.4 Å². The van der Waals surface area contributed by atoms with Crippen molar-refractivity contribution in [2.75, 3.05) is 7.11 Å². The highest BCUT2D eigenvalue weighted by Crippen LogP contribution is 2.37. The summed E-state index contributed by atoms with van der Waals surface area (Å²) in [7, 11) is 1.62. The number of hydrogen-bond donors (Lipinski definition) is 0. The molecule has 0 saturated carbocycles. The van der Waals surface area contributed by atoms with E-state index in [0.717, 1.165) is 40.7 Å². The zero-order chi connectivity index (χ0) is 23.8. The maximum Gasteiger partial charge on any atom is 0.267 e. The molecule has 1 unspecified atom stereocenters. The van der Waals surface area contributed by atoms with E-state index in [0.29, 0.717) is 28.1 Å². The van der Waals surface area contributed by atoms with Crippen molar-refractivity contribution in [3.8, 4) is 11.4 Å².